The fraction of sp³-hybridized carbons (Fsp3) is 0.786. The quantitative estimate of drug-likeness (QED) is 0.813. The summed E-state index contributed by atoms with van der Waals surface area (Å²) in [7, 11) is 1.93. The highest BCUT2D eigenvalue weighted by Gasteiger charge is 2.23. The average Bonchev–Trinajstić information content (AvgIpc) is 3.01. The third-order valence-corrected chi connectivity index (χ3v) is 4.05. The van der Waals surface area contributed by atoms with E-state index in [9.17, 15) is 5.11 Å². The SMILES string of the molecule is CCC(NCC(O)C1CCCC1)c1cnn(C)c1. The van der Waals surface area contributed by atoms with Gasteiger partial charge in [0.05, 0.1) is 12.3 Å². The Labute approximate surface area is 109 Å². The first-order valence-electron chi connectivity index (χ1n) is 7.10. The van der Waals surface area contributed by atoms with E-state index in [-0.39, 0.29) is 6.10 Å². The number of hydrogen-bond acceptors (Lipinski definition) is 3. The van der Waals surface area contributed by atoms with Gasteiger partial charge in [-0.2, -0.15) is 5.10 Å². The number of rotatable bonds is 6. The molecule has 0 saturated heterocycles. The van der Waals surface area contributed by atoms with Gasteiger partial charge in [-0.1, -0.05) is 19.8 Å². The van der Waals surface area contributed by atoms with Gasteiger partial charge in [0, 0.05) is 31.4 Å². The first-order chi connectivity index (χ1) is 8.70. The molecule has 1 saturated carbocycles. The number of hydrogen-bond donors (Lipinski definition) is 2. The maximum absolute atomic E-state index is 10.2. The summed E-state index contributed by atoms with van der Waals surface area (Å²) >= 11 is 0. The molecule has 1 aliphatic rings. The highest BCUT2D eigenvalue weighted by molar-refractivity contribution is 5.09. The van der Waals surface area contributed by atoms with E-state index in [1.165, 1.54) is 31.2 Å². The topological polar surface area (TPSA) is 50.1 Å². The van der Waals surface area contributed by atoms with Gasteiger partial charge in [0.15, 0.2) is 0 Å². The Morgan fingerprint density at radius 3 is 2.78 bits per heavy atom. The number of aromatic nitrogens is 2. The zero-order chi connectivity index (χ0) is 13.0. The number of nitrogens with one attached hydrogen (secondary N) is 1. The first-order valence-corrected chi connectivity index (χ1v) is 7.10. The van der Waals surface area contributed by atoms with Gasteiger partial charge >= 0.3 is 0 Å². The molecule has 0 amide bonds. The molecule has 0 aliphatic heterocycles. The van der Waals surface area contributed by atoms with Crippen LogP contribution in [0.3, 0.4) is 0 Å². The molecule has 0 spiro atoms. The predicted octanol–water partition coefficient (Wildman–Crippen LogP) is 2.01. The Morgan fingerprint density at radius 2 is 2.22 bits per heavy atom. The van der Waals surface area contributed by atoms with Gasteiger partial charge in [-0.15, -0.1) is 0 Å². The fourth-order valence-electron chi connectivity index (χ4n) is 2.89. The van der Waals surface area contributed by atoms with Crippen LogP contribution >= 0.6 is 0 Å². The molecule has 18 heavy (non-hydrogen) atoms. The number of aliphatic hydroxyl groups is 1. The van der Waals surface area contributed by atoms with Gasteiger partial charge in [0.1, 0.15) is 0 Å². The van der Waals surface area contributed by atoms with Gasteiger partial charge in [0.2, 0.25) is 0 Å². The van der Waals surface area contributed by atoms with Crippen molar-refractivity contribution in [3.05, 3.63) is 18.0 Å². The van der Waals surface area contributed by atoms with Crippen LogP contribution in [0.1, 0.15) is 50.6 Å². The molecule has 0 bridgehead atoms. The van der Waals surface area contributed by atoms with Crippen molar-refractivity contribution in [2.24, 2.45) is 13.0 Å². The summed E-state index contributed by atoms with van der Waals surface area (Å²) in [6.07, 6.45) is 9.70. The van der Waals surface area contributed by atoms with Crippen LogP contribution < -0.4 is 5.32 Å². The molecule has 0 aromatic carbocycles. The van der Waals surface area contributed by atoms with E-state index in [0.717, 1.165) is 6.42 Å². The second-order valence-electron chi connectivity index (χ2n) is 5.43. The molecular weight excluding hydrogens is 226 g/mol. The lowest BCUT2D eigenvalue weighted by molar-refractivity contribution is 0.106. The maximum Gasteiger partial charge on any atom is 0.0692 e. The molecule has 1 aromatic heterocycles. The Kier molecular flexibility index (Phi) is 4.78. The average molecular weight is 251 g/mol. The Hall–Kier alpha value is -0.870. The molecule has 1 heterocycles. The van der Waals surface area contributed by atoms with Crippen molar-refractivity contribution < 1.29 is 5.11 Å². The third-order valence-electron chi connectivity index (χ3n) is 4.05. The number of nitrogens with zero attached hydrogens (tertiary/aromatic N) is 2. The minimum Gasteiger partial charge on any atom is -0.392 e. The molecule has 2 unspecified atom stereocenters. The molecule has 1 aliphatic carbocycles. The molecule has 102 valence electrons. The highest BCUT2D eigenvalue weighted by atomic mass is 16.3. The van der Waals surface area contributed by atoms with Gasteiger partial charge in [-0.3, -0.25) is 4.68 Å². The van der Waals surface area contributed by atoms with Crippen LogP contribution in [-0.2, 0) is 7.05 Å². The summed E-state index contributed by atoms with van der Waals surface area (Å²) in [5, 5.41) is 17.8. The lowest BCUT2D eigenvalue weighted by atomic mass is 10.00. The van der Waals surface area contributed by atoms with Crippen LogP contribution in [0.25, 0.3) is 0 Å². The number of aryl methyl sites for hydroxylation is 1. The number of aliphatic hydroxyl groups excluding tert-OH is 1. The zero-order valence-electron chi connectivity index (χ0n) is 11.5. The van der Waals surface area contributed by atoms with Crippen molar-refractivity contribution in [2.45, 2.75) is 51.2 Å². The Morgan fingerprint density at radius 1 is 1.50 bits per heavy atom. The third kappa shape index (κ3) is 3.33. The van der Waals surface area contributed by atoms with E-state index in [2.05, 4.69) is 17.3 Å². The fourth-order valence-corrected chi connectivity index (χ4v) is 2.89. The minimum atomic E-state index is -0.196. The largest absolute Gasteiger partial charge is 0.392 e. The normalized spacial score (nSPS) is 20.2. The van der Waals surface area contributed by atoms with Crippen molar-refractivity contribution in [1.29, 1.82) is 0 Å². The second kappa shape index (κ2) is 6.34. The lowest BCUT2D eigenvalue weighted by Crippen LogP contribution is -2.34. The van der Waals surface area contributed by atoms with Crippen molar-refractivity contribution in [2.75, 3.05) is 6.54 Å². The summed E-state index contributed by atoms with van der Waals surface area (Å²) in [4.78, 5) is 0. The van der Waals surface area contributed by atoms with E-state index in [1.54, 1.807) is 0 Å². The Bertz CT molecular complexity index is 358. The smallest absolute Gasteiger partial charge is 0.0692 e. The second-order valence-corrected chi connectivity index (χ2v) is 5.43. The minimum absolute atomic E-state index is 0.196. The van der Waals surface area contributed by atoms with Crippen molar-refractivity contribution >= 4 is 0 Å². The van der Waals surface area contributed by atoms with Gasteiger partial charge in [-0.05, 0) is 25.2 Å². The maximum atomic E-state index is 10.2. The predicted molar refractivity (Wildman–Crippen MR) is 72.2 cm³/mol. The molecule has 4 nitrogen and oxygen atoms in total. The van der Waals surface area contributed by atoms with Crippen LogP contribution in [-0.4, -0.2) is 27.5 Å². The van der Waals surface area contributed by atoms with Gasteiger partial charge in [0.25, 0.3) is 0 Å². The van der Waals surface area contributed by atoms with Gasteiger partial charge < -0.3 is 10.4 Å². The first kappa shape index (κ1) is 13.6. The van der Waals surface area contributed by atoms with E-state index in [0.29, 0.717) is 18.5 Å². The Balaban J connectivity index is 1.83. The summed E-state index contributed by atoms with van der Waals surface area (Å²) in [5.41, 5.74) is 1.21. The molecule has 1 aromatic rings. The van der Waals surface area contributed by atoms with Crippen LogP contribution in [0.2, 0.25) is 0 Å². The van der Waals surface area contributed by atoms with E-state index in [4.69, 9.17) is 0 Å². The van der Waals surface area contributed by atoms with E-state index < -0.39 is 0 Å². The molecule has 0 radical (unpaired) electrons. The monoisotopic (exact) mass is 251 g/mol. The lowest BCUT2D eigenvalue weighted by Gasteiger charge is -2.22. The summed E-state index contributed by atoms with van der Waals surface area (Å²) < 4.78 is 1.83. The molecule has 4 heteroatoms. The van der Waals surface area contributed by atoms with Crippen molar-refractivity contribution in [1.82, 2.24) is 15.1 Å². The molecule has 2 atom stereocenters. The summed E-state index contributed by atoms with van der Waals surface area (Å²) in [6.45, 7) is 2.85. The van der Waals surface area contributed by atoms with Crippen molar-refractivity contribution in [3.63, 3.8) is 0 Å². The zero-order valence-corrected chi connectivity index (χ0v) is 11.5. The van der Waals surface area contributed by atoms with Crippen LogP contribution in [0.5, 0.6) is 0 Å². The van der Waals surface area contributed by atoms with E-state index >= 15 is 0 Å². The van der Waals surface area contributed by atoms with Crippen molar-refractivity contribution in [3.8, 4) is 0 Å². The molecule has 1 fully saturated rings. The van der Waals surface area contributed by atoms with E-state index in [1.807, 2.05) is 24.1 Å². The molecular formula is C14H25N3O. The highest BCUT2D eigenvalue weighted by Crippen LogP contribution is 2.27. The summed E-state index contributed by atoms with van der Waals surface area (Å²) in [6, 6.07) is 0.301. The van der Waals surface area contributed by atoms with Crippen LogP contribution in [0.4, 0.5) is 0 Å². The standard InChI is InChI=1S/C14H25N3O/c1-3-13(12-8-16-17(2)10-12)15-9-14(18)11-6-4-5-7-11/h8,10-11,13-15,18H,3-7,9H2,1-2H3. The molecule has 2 rings (SSSR count). The van der Waals surface area contributed by atoms with Crippen LogP contribution in [0.15, 0.2) is 12.4 Å². The summed E-state index contributed by atoms with van der Waals surface area (Å²) in [5.74, 6) is 0.504. The van der Waals surface area contributed by atoms with Crippen LogP contribution in [0, 0.1) is 5.92 Å². The van der Waals surface area contributed by atoms with Gasteiger partial charge in [-0.25, -0.2) is 0 Å². The molecule has 2 N–H and O–H groups in total.